The Bertz CT molecular complexity index is 1130. The molecule has 4 rings (SSSR count). The molecule has 1 heterocycles. The molecule has 0 aliphatic rings. The summed E-state index contributed by atoms with van der Waals surface area (Å²) in [6.07, 6.45) is 0. The number of hydrogen-bond acceptors (Lipinski definition) is 5. The predicted molar refractivity (Wildman–Crippen MR) is 122 cm³/mol. The van der Waals surface area contributed by atoms with Crippen molar-refractivity contribution < 1.29 is 5.11 Å². The standard InChI is InChI=1S/C25H22N4O/c1-17-15-21(13-14-24(17)30)18(2)28-29-25-26-22(19-9-5-3-6-10-19)16-23(27-25)20-11-7-4-8-12-20/h3-16,30H,1-2H3,(H,26,27,29). The summed E-state index contributed by atoms with van der Waals surface area (Å²) in [5, 5.41) is 14.2. The third-order valence-electron chi connectivity index (χ3n) is 4.80. The average molecular weight is 394 g/mol. The zero-order chi connectivity index (χ0) is 20.9. The van der Waals surface area contributed by atoms with E-state index >= 15 is 0 Å². The Kier molecular flexibility index (Phi) is 5.52. The minimum atomic E-state index is 0.269. The number of nitrogens with zero attached hydrogens (tertiary/aromatic N) is 3. The molecule has 5 heteroatoms. The van der Waals surface area contributed by atoms with Gasteiger partial charge < -0.3 is 5.11 Å². The maximum Gasteiger partial charge on any atom is 0.244 e. The van der Waals surface area contributed by atoms with Crippen molar-refractivity contribution in [3.8, 4) is 28.3 Å². The molecule has 0 spiro atoms. The number of rotatable bonds is 5. The van der Waals surface area contributed by atoms with E-state index in [1.165, 1.54) is 0 Å². The molecule has 0 aliphatic heterocycles. The Labute approximate surface area is 175 Å². The van der Waals surface area contributed by atoms with Crippen molar-refractivity contribution in [1.29, 1.82) is 0 Å². The fourth-order valence-electron chi connectivity index (χ4n) is 3.09. The van der Waals surface area contributed by atoms with Gasteiger partial charge in [0, 0.05) is 11.1 Å². The Morgan fingerprint density at radius 2 is 1.37 bits per heavy atom. The van der Waals surface area contributed by atoms with Crippen LogP contribution in [0.2, 0.25) is 0 Å². The molecular weight excluding hydrogens is 372 g/mol. The number of hydrogen-bond donors (Lipinski definition) is 2. The number of nitrogens with one attached hydrogen (secondary N) is 1. The van der Waals surface area contributed by atoms with Crippen LogP contribution in [-0.2, 0) is 0 Å². The van der Waals surface area contributed by atoms with Gasteiger partial charge >= 0.3 is 0 Å². The van der Waals surface area contributed by atoms with E-state index in [0.29, 0.717) is 5.95 Å². The molecule has 0 saturated carbocycles. The summed E-state index contributed by atoms with van der Waals surface area (Å²) in [4.78, 5) is 9.31. The molecule has 148 valence electrons. The second kappa shape index (κ2) is 8.57. The van der Waals surface area contributed by atoms with Gasteiger partial charge in [0.05, 0.1) is 17.1 Å². The number of benzene rings is 3. The largest absolute Gasteiger partial charge is 0.508 e. The molecule has 0 aliphatic carbocycles. The van der Waals surface area contributed by atoms with Crippen LogP contribution in [-0.4, -0.2) is 20.8 Å². The van der Waals surface area contributed by atoms with Crippen LogP contribution in [0.25, 0.3) is 22.5 Å². The number of phenols is 1. The van der Waals surface area contributed by atoms with E-state index in [9.17, 15) is 5.11 Å². The smallest absolute Gasteiger partial charge is 0.244 e. The summed E-state index contributed by atoms with van der Waals surface area (Å²) in [6.45, 7) is 3.76. The summed E-state index contributed by atoms with van der Waals surface area (Å²) < 4.78 is 0. The molecule has 3 aromatic carbocycles. The summed E-state index contributed by atoms with van der Waals surface area (Å²) >= 11 is 0. The number of aromatic nitrogens is 2. The second-order valence-corrected chi connectivity index (χ2v) is 7.00. The minimum Gasteiger partial charge on any atom is -0.508 e. The molecule has 0 amide bonds. The Morgan fingerprint density at radius 1 is 0.800 bits per heavy atom. The highest BCUT2D eigenvalue weighted by Gasteiger charge is 2.09. The zero-order valence-electron chi connectivity index (χ0n) is 16.9. The summed E-state index contributed by atoms with van der Waals surface area (Å²) in [5.74, 6) is 0.691. The fraction of sp³-hybridized carbons (Fsp3) is 0.0800. The number of phenolic OH excluding ortho intramolecular Hbond substituents is 1. The molecule has 0 bridgehead atoms. The van der Waals surface area contributed by atoms with Gasteiger partial charge in [-0.2, -0.15) is 5.10 Å². The van der Waals surface area contributed by atoms with E-state index in [1.54, 1.807) is 6.07 Å². The minimum absolute atomic E-state index is 0.269. The predicted octanol–water partition coefficient (Wildman–Crippen LogP) is 5.66. The molecule has 30 heavy (non-hydrogen) atoms. The lowest BCUT2D eigenvalue weighted by atomic mass is 10.1. The van der Waals surface area contributed by atoms with Crippen LogP contribution in [0.3, 0.4) is 0 Å². The third-order valence-corrected chi connectivity index (χ3v) is 4.80. The molecule has 0 saturated heterocycles. The van der Waals surface area contributed by atoms with Crippen molar-refractivity contribution in [3.05, 3.63) is 96.1 Å². The number of aryl methyl sites for hydroxylation is 1. The molecule has 5 nitrogen and oxygen atoms in total. The van der Waals surface area contributed by atoms with Gasteiger partial charge in [0.25, 0.3) is 0 Å². The van der Waals surface area contributed by atoms with E-state index in [2.05, 4.69) is 20.5 Å². The van der Waals surface area contributed by atoms with E-state index < -0.39 is 0 Å². The molecule has 1 aromatic heterocycles. The van der Waals surface area contributed by atoms with Crippen molar-refractivity contribution >= 4 is 11.7 Å². The van der Waals surface area contributed by atoms with Crippen molar-refractivity contribution in [3.63, 3.8) is 0 Å². The highest BCUT2D eigenvalue weighted by atomic mass is 16.3. The van der Waals surface area contributed by atoms with Crippen LogP contribution < -0.4 is 5.43 Å². The first-order valence-corrected chi connectivity index (χ1v) is 9.70. The van der Waals surface area contributed by atoms with Gasteiger partial charge in [0.15, 0.2) is 0 Å². The van der Waals surface area contributed by atoms with Gasteiger partial charge in [-0.25, -0.2) is 15.4 Å². The van der Waals surface area contributed by atoms with Crippen molar-refractivity contribution in [1.82, 2.24) is 9.97 Å². The van der Waals surface area contributed by atoms with Gasteiger partial charge in [-0.3, -0.25) is 0 Å². The van der Waals surface area contributed by atoms with E-state index in [-0.39, 0.29) is 5.75 Å². The lowest BCUT2D eigenvalue weighted by molar-refractivity contribution is 0.471. The lowest BCUT2D eigenvalue weighted by Gasteiger charge is -2.09. The quantitative estimate of drug-likeness (QED) is 0.338. The Hall–Kier alpha value is -3.99. The SMILES string of the molecule is CC(=NNc1nc(-c2ccccc2)cc(-c2ccccc2)n1)c1ccc(O)c(C)c1. The Balaban J connectivity index is 1.70. The molecule has 0 unspecified atom stereocenters. The van der Waals surface area contributed by atoms with Crippen LogP contribution >= 0.6 is 0 Å². The first-order valence-electron chi connectivity index (χ1n) is 9.70. The van der Waals surface area contributed by atoms with E-state index in [4.69, 9.17) is 0 Å². The van der Waals surface area contributed by atoms with Gasteiger partial charge in [-0.1, -0.05) is 60.7 Å². The normalized spacial score (nSPS) is 11.3. The molecule has 0 radical (unpaired) electrons. The van der Waals surface area contributed by atoms with Crippen molar-refractivity contribution in [2.24, 2.45) is 5.10 Å². The lowest BCUT2D eigenvalue weighted by Crippen LogP contribution is -2.04. The van der Waals surface area contributed by atoms with Gasteiger partial charge in [0.1, 0.15) is 5.75 Å². The van der Waals surface area contributed by atoms with Gasteiger partial charge in [0.2, 0.25) is 5.95 Å². The summed E-state index contributed by atoms with van der Waals surface area (Å²) in [6, 6.07) is 27.4. The molecule has 2 N–H and O–H groups in total. The highest BCUT2D eigenvalue weighted by Crippen LogP contribution is 2.25. The van der Waals surface area contributed by atoms with Crippen LogP contribution in [0.15, 0.2) is 90.0 Å². The molecule has 4 aromatic rings. The van der Waals surface area contributed by atoms with Gasteiger partial charge in [-0.15, -0.1) is 0 Å². The summed E-state index contributed by atoms with van der Waals surface area (Å²) in [7, 11) is 0. The molecular formula is C25H22N4O. The third kappa shape index (κ3) is 4.36. The monoisotopic (exact) mass is 394 g/mol. The van der Waals surface area contributed by atoms with Crippen LogP contribution in [0.1, 0.15) is 18.1 Å². The van der Waals surface area contributed by atoms with Crippen molar-refractivity contribution in [2.75, 3.05) is 5.43 Å². The Morgan fingerprint density at radius 3 is 1.90 bits per heavy atom. The van der Waals surface area contributed by atoms with Gasteiger partial charge in [-0.05, 0) is 49.2 Å². The van der Waals surface area contributed by atoms with Crippen LogP contribution in [0.4, 0.5) is 5.95 Å². The molecule has 0 fully saturated rings. The maximum atomic E-state index is 9.74. The van der Waals surface area contributed by atoms with E-state index in [0.717, 1.165) is 39.4 Å². The fourth-order valence-corrected chi connectivity index (χ4v) is 3.09. The first-order chi connectivity index (χ1) is 14.6. The highest BCUT2D eigenvalue weighted by molar-refractivity contribution is 5.99. The number of aromatic hydroxyl groups is 1. The van der Waals surface area contributed by atoms with E-state index in [1.807, 2.05) is 92.7 Å². The summed E-state index contributed by atoms with van der Waals surface area (Å²) in [5.41, 5.74) is 9.15. The van der Waals surface area contributed by atoms with Crippen LogP contribution in [0, 0.1) is 6.92 Å². The topological polar surface area (TPSA) is 70.4 Å². The maximum absolute atomic E-state index is 9.74. The first kappa shape index (κ1) is 19.3. The number of hydrazone groups is 1. The van der Waals surface area contributed by atoms with Crippen molar-refractivity contribution in [2.45, 2.75) is 13.8 Å². The van der Waals surface area contributed by atoms with Crippen LogP contribution in [0.5, 0.6) is 5.75 Å². The average Bonchev–Trinajstić information content (AvgIpc) is 2.80. The number of anilines is 1. The molecule has 0 atom stereocenters. The second-order valence-electron chi connectivity index (χ2n) is 7.00. The zero-order valence-corrected chi connectivity index (χ0v) is 16.9.